The first-order valence-corrected chi connectivity index (χ1v) is 13.1. The lowest BCUT2D eigenvalue weighted by molar-refractivity contribution is 0.147. The molecule has 2 atom stereocenters. The van der Waals surface area contributed by atoms with Crippen LogP contribution in [0.5, 0.6) is 0 Å². The SMILES string of the molecule is CCCCCCCCCCCC(O)CCCCCCCC(CC)S(=O)(=O)O. The van der Waals surface area contributed by atoms with Gasteiger partial charge in [0.25, 0.3) is 10.1 Å². The summed E-state index contributed by atoms with van der Waals surface area (Å²) in [7, 11) is -3.88. The van der Waals surface area contributed by atoms with Crippen LogP contribution in [0.2, 0.25) is 0 Å². The molecule has 27 heavy (non-hydrogen) atoms. The standard InChI is InChI=1S/C22H46O4S/c1-3-5-6-7-8-9-10-12-15-18-21(23)19-16-13-11-14-17-20-22(4-2)27(24,25)26/h21-23H,3-20H2,1-2H3,(H,24,25,26). The van der Waals surface area contributed by atoms with Crippen molar-refractivity contribution < 1.29 is 18.1 Å². The fourth-order valence-corrected chi connectivity index (χ4v) is 4.57. The minimum Gasteiger partial charge on any atom is -0.393 e. The van der Waals surface area contributed by atoms with Gasteiger partial charge in [0, 0.05) is 0 Å². The molecule has 0 aromatic heterocycles. The van der Waals surface area contributed by atoms with Gasteiger partial charge in [0.05, 0.1) is 11.4 Å². The second-order valence-electron chi connectivity index (χ2n) is 8.16. The van der Waals surface area contributed by atoms with Crippen molar-refractivity contribution in [3.63, 3.8) is 0 Å². The average Bonchev–Trinajstić information content (AvgIpc) is 2.61. The Morgan fingerprint density at radius 2 is 1.00 bits per heavy atom. The van der Waals surface area contributed by atoms with Crippen molar-refractivity contribution in [1.29, 1.82) is 0 Å². The second-order valence-corrected chi connectivity index (χ2v) is 9.86. The van der Waals surface area contributed by atoms with E-state index < -0.39 is 15.4 Å². The van der Waals surface area contributed by atoms with Gasteiger partial charge in [-0.05, 0) is 25.7 Å². The molecule has 0 bridgehead atoms. The van der Waals surface area contributed by atoms with E-state index in [2.05, 4.69) is 6.92 Å². The van der Waals surface area contributed by atoms with E-state index >= 15 is 0 Å². The van der Waals surface area contributed by atoms with Crippen molar-refractivity contribution in [3.8, 4) is 0 Å². The number of aliphatic hydroxyl groups is 1. The molecule has 5 heteroatoms. The van der Waals surface area contributed by atoms with Gasteiger partial charge in [-0.25, -0.2) is 0 Å². The second kappa shape index (κ2) is 17.9. The van der Waals surface area contributed by atoms with Crippen LogP contribution in [-0.2, 0) is 10.1 Å². The summed E-state index contributed by atoms with van der Waals surface area (Å²) in [5.74, 6) is 0. The highest BCUT2D eigenvalue weighted by Gasteiger charge is 2.19. The third-order valence-electron chi connectivity index (χ3n) is 5.58. The normalized spacial score (nSPS) is 14.4. The Kier molecular flexibility index (Phi) is 17.8. The molecule has 0 aliphatic rings. The molecule has 0 saturated heterocycles. The Balaban J connectivity index is 3.38. The summed E-state index contributed by atoms with van der Waals surface area (Å²) in [5, 5.41) is 9.45. The van der Waals surface area contributed by atoms with Crippen LogP contribution in [0, 0.1) is 0 Å². The number of unbranched alkanes of at least 4 members (excludes halogenated alkanes) is 12. The van der Waals surface area contributed by atoms with Crippen LogP contribution in [0.15, 0.2) is 0 Å². The van der Waals surface area contributed by atoms with E-state index in [0.29, 0.717) is 12.8 Å². The predicted molar refractivity (Wildman–Crippen MR) is 116 cm³/mol. The molecule has 0 heterocycles. The number of hydrogen-bond acceptors (Lipinski definition) is 3. The van der Waals surface area contributed by atoms with Crippen molar-refractivity contribution in [2.45, 2.75) is 141 Å². The summed E-state index contributed by atoms with van der Waals surface area (Å²) in [5.41, 5.74) is 0. The van der Waals surface area contributed by atoms with Crippen molar-refractivity contribution in [2.24, 2.45) is 0 Å². The molecule has 0 amide bonds. The monoisotopic (exact) mass is 406 g/mol. The molecule has 2 N–H and O–H groups in total. The van der Waals surface area contributed by atoms with Crippen LogP contribution in [0.25, 0.3) is 0 Å². The Bertz CT molecular complexity index is 409. The van der Waals surface area contributed by atoms with Gasteiger partial charge in [-0.3, -0.25) is 4.55 Å². The Hall–Kier alpha value is -0.130. The van der Waals surface area contributed by atoms with Gasteiger partial charge >= 0.3 is 0 Å². The van der Waals surface area contributed by atoms with Crippen LogP contribution in [0.1, 0.15) is 129 Å². The zero-order valence-corrected chi connectivity index (χ0v) is 18.8. The molecule has 0 aromatic rings. The lowest BCUT2D eigenvalue weighted by Gasteiger charge is -2.12. The van der Waals surface area contributed by atoms with E-state index in [4.69, 9.17) is 4.55 Å². The lowest BCUT2D eigenvalue weighted by atomic mass is 10.0. The summed E-state index contributed by atoms with van der Waals surface area (Å²) in [4.78, 5) is 0. The van der Waals surface area contributed by atoms with Crippen molar-refractivity contribution in [3.05, 3.63) is 0 Å². The van der Waals surface area contributed by atoms with Gasteiger partial charge in [-0.2, -0.15) is 8.42 Å². The third kappa shape index (κ3) is 17.7. The van der Waals surface area contributed by atoms with Gasteiger partial charge in [0.15, 0.2) is 0 Å². The molecule has 0 spiro atoms. The van der Waals surface area contributed by atoms with E-state index in [0.717, 1.165) is 51.4 Å². The van der Waals surface area contributed by atoms with E-state index in [-0.39, 0.29) is 6.10 Å². The topological polar surface area (TPSA) is 74.6 Å². The molecule has 0 saturated carbocycles. The molecule has 2 unspecified atom stereocenters. The summed E-state index contributed by atoms with van der Waals surface area (Å²) in [6, 6.07) is 0. The maximum atomic E-state index is 11.1. The van der Waals surface area contributed by atoms with E-state index in [1.165, 1.54) is 51.4 Å². The van der Waals surface area contributed by atoms with E-state index in [1.807, 2.05) is 0 Å². The smallest absolute Gasteiger partial charge is 0.267 e. The van der Waals surface area contributed by atoms with E-state index in [9.17, 15) is 13.5 Å². The maximum absolute atomic E-state index is 11.1. The van der Waals surface area contributed by atoms with Crippen molar-refractivity contribution in [2.75, 3.05) is 0 Å². The highest BCUT2D eigenvalue weighted by Crippen LogP contribution is 2.17. The zero-order valence-electron chi connectivity index (χ0n) is 18.0. The average molecular weight is 407 g/mol. The van der Waals surface area contributed by atoms with Crippen LogP contribution in [-0.4, -0.2) is 29.4 Å². The number of rotatable bonds is 20. The number of hydrogen-bond donors (Lipinski definition) is 2. The molecule has 164 valence electrons. The van der Waals surface area contributed by atoms with E-state index in [1.54, 1.807) is 6.92 Å². The predicted octanol–water partition coefficient (Wildman–Crippen LogP) is 6.67. The van der Waals surface area contributed by atoms with Crippen LogP contribution in [0.3, 0.4) is 0 Å². The van der Waals surface area contributed by atoms with Gasteiger partial charge in [-0.15, -0.1) is 0 Å². The van der Waals surface area contributed by atoms with Crippen molar-refractivity contribution >= 4 is 10.1 Å². The van der Waals surface area contributed by atoms with Gasteiger partial charge in [-0.1, -0.05) is 104 Å². The molecule has 0 fully saturated rings. The van der Waals surface area contributed by atoms with Crippen LogP contribution < -0.4 is 0 Å². The fourth-order valence-electron chi connectivity index (χ4n) is 3.68. The minimum atomic E-state index is -3.88. The Morgan fingerprint density at radius 3 is 1.37 bits per heavy atom. The molecule has 0 rings (SSSR count). The molecule has 0 aromatic carbocycles. The van der Waals surface area contributed by atoms with Gasteiger partial charge in [0.2, 0.25) is 0 Å². The molecular formula is C22H46O4S. The molecule has 4 nitrogen and oxygen atoms in total. The quantitative estimate of drug-likeness (QED) is 0.175. The Morgan fingerprint density at radius 1 is 0.630 bits per heavy atom. The highest BCUT2D eigenvalue weighted by atomic mass is 32.2. The van der Waals surface area contributed by atoms with Gasteiger partial charge < -0.3 is 5.11 Å². The summed E-state index contributed by atoms with van der Waals surface area (Å²) in [6.07, 6.45) is 19.6. The highest BCUT2D eigenvalue weighted by molar-refractivity contribution is 7.86. The lowest BCUT2D eigenvalue weighted by Crippen LogP contribution is -2.19. The van der Waals surface area contributed by atoms with Crippen LogP contribution in [0.4, 0.5) is 0 Å². The van der Waals surface area contributed by atoms with Crippen molar-refractivity contribution in [1.82, 2.24) is 0 Å². The summed E-state index contributed by atoms with van der Waals surface area (Å²) in [6.45, 7) is 4.05. The molecular weight excluding hydrogens is 360 g/mol. The first-order chi connectivity index (χ1) is 12.9. The fraction of sp³-hybridized carbons (Fsp3) is 1.00. The third-order valence-corrected chi connectivity index (χ3v) is 6.99. The molecule has 0 aliphatic heterocycles. The summed E-state index contributed by atoms with van der Waals surface area (Å²) < 4.78 is 31.3. The molecule has 0 aliphatic carbocycles. The van der Waals surface area contributed by atoms with Gasteiger partial charge in [0.1, 0.15) is 0 Å². The number of aliphatic hydroxyl groups excluding tert-OH is 1. The zero-order chi connectivity index (χ0) is 20.4. The minimum absolute atomic E-state index is 0.154. The Labute approximate surface area is 169 Å². The first kappa shape index (κ1) is 26.9. The van der Waals surface area contributed by atoms with Crippen LogP contribution >= 0.6 is 0 Å². The largest absolute Gasteiger partial charge is 0.393 e. The summed E-state index contributed by atoms with van der Waals surface area (Å²) >= 11 is 0. The first-order valence-electron chi connectivity index (χ1n) is 11.6. The molecule has 0 radical (unpaired) electrons. The maximum Gasteiger partial charge on any atom is 0.267 e.